The highest BCUT2D eigenvalue weighted by Crippen LogP contribution is 2.37. The summed E-state index contributed by atoms with van der Waals surface area (Å²) < 4.78 is 27.9. The zero-order chi connectivity index (χ0) is 25.5. The Morgan fingerprint density at radius 3 is 2.86 bits per heavy atom. The molecule has 0 unspecified atom stereocenters. The Balaban J connectivity index is 1.30. The van der Waals surface area contributed by atoms with Gasteiger partial charge in [0, 0.05) is 24.2 Å². The van der Waals surface area contributed by atoms with E-state index < -0.39 is 5.97 Å². The summed E-state index contributed by atoms with van der Waals surface area (Å²) in [5.74, 6) is 0.433. The van der Waals surface area contributed by atoms with Crippen LogP contribution in [-0.2, 0) is 22.4 Å². The average molecular weight is 501 g/mol. The molecule has 7 heteroatoms. The van der Waals surface area contributed by atoms with E-state index in [9.17, 15) is 9.18 Å². The van der Waals surface area contributed by atoms with E-state index in [4.69, 9.17) is 19.6 Å². The van der Waals surface area contributed by atoms with Crippen LogP contribution in [0.3, 0.4) is 0 Å². The van der Waals surface area contributed by atoms with Gasteiger partial charge in [-0.1, -0.05) is 24.3 Å². The number of carboxylic acids is 1. The molecule has 0 aliphatic carbocycles. The highest BCUT2D eigenvalue weighted by Gasteiger charge is 2.27. The minimum atomic E-state index is -0.806. The van der Waals surface area contributed by atoms with Gasteiger partial charge in [-0.3, -0.25) is 9.36 Å². The number of fused-ring (bicyclic) bond motifs is 2. The van der Waals surface area contributed by atoms with Crippen LogP contribution in [0, 0.1) is 12.7 Å². The maximum Gasteiger partial charge on any atom is 0.304 e. The number of nitrogens with zero attached hydrogens (tertiary/aromatic N) is 2. The molecule has 1 saturated heterocycles. The molecule has 0 saturated carbocycles. The van der Waals surface area contributed by atoms with Crippen molar-refractivity contribution in [3.05, 3.63) is 88.5 Å². The van der Waals surface area contributed by atoms with Crippen LogP contribution in [0.2, 0.25) is 0 Å². The molecule has 1 fully saturated rings. The highest BCUT2D eigenvalue weighted by atomic mass is 19.1. The number of benzene rings is 3. The van der Waals surface area contributed by atoms with Gasteiger partial charge in [0.1, 0.15) is 23.5 Å². The molecule has 0 bridgehead atoms. The van der Waals surface area contributed by atoms with Crippen LogP contribution in [0.5, 0.6) is 5.75 Å². The van der Waals surface area contributed by atoms with Crippen LogP contribution in [0.1, 0.15) is 59.4 Å². The Morgan fingerprint density at radius 2 is 2.05 bits per heavy atom. The van der Waals surface area contributed by atoms with Crippen molar-refractivity contribution in [2.45, 2.75) is 51.0 Å². The van der Waals surface area contributed by atoms with E-state index >= 15 is 0 Å². The SMILES string of the molecule is Cc1c(CCc2ccc3c(c2)OC[C@H]3CC(=O)O)cccc1-n1c([C@H]2CCCO2)nc2cc(F)ccc21. The second-order valence-corrected chi connectivity index (χ2v) is 9.98. The average Bonchev–Trinajstić information content (AvgIpc) is 3.62. The van der Waals surface area contributed by atoms with E-state index in [0.29, 0.717) is 18.7 Å². The van der Waals surface area contributed by atoms with Crippen molar-refractivity contribution < 1.29 is 23.8 Å². The lowest BCUT2D eigenvalue weighted by Crippen LogP contribution is -2.09. The first kappa shape index (κ1) is 23.7. The summed E-state index contributed by atoms with van der Waals surface area (Å²) in [5, 5.41) is 9.15. The van der Waals surface area contributed by atoms with Crippen LogP contribution in [0.4, 0.5) is 4.39 Å². The zero-order valence-electron chi connectivity index (χ0n) is 20.7. The van der Waals surface area contributed by atoms with Crippen molar-refractivity contribution in [2.24, 2.45) is 0 Å². The van der Waals surface area contributed by atoms with Gasteiger partial charge in [0.2, 0.25) is 0 Å². The summed E-state index contributed by atoms with van der Waals surface area (Å²) in [7, 11) is 0. The molecular weight excluding hydrogens is 471 g/mol. The van der Waals surface area contributed by atoms with Gasteiger partial charge in [0.15, 0.2) is 0 Å². The van der Waals surface area contributed by atoms with E-state index in [1.807, 2.05) is 12.1 Å². The maximum absolute atomic E-state index is 14.0. The van der Waals surface area contributed by atoms with Crippen LogP contribution in [0.25, 0.3) is 16.7 Å². The van der Waals surface area contributed by atoms with Gasteiger partial charge in [-0.15, -0.1) is 0 Å². The minimum absolute atomic E-state index is 0.0851. The van der Waals surface area contributed by atoms with Crippen molar-refractivity contribution >= 4 is 17.0 Å². The fourth-order valence-corrected chi connectivity index (χ4v) is 5.64. The predicted molar refractivity (Wildman–Crippen MR) is 138 cm³/mol. The molecule has 0 radical (unpaired) electrons. The molecule has 1 N–H and O–H groups in total. The second kappa shape index (κ2) is 9.63. The van der Waals surface area contributed by atoms with Gasteiger partial charge >= 0.3 is 5.97 Å². The summed E-state index contributed by atoms with van der Waals surface area (Å²) in [4.78, 5) is 15.9. The Kier molecular flexibility index (Phi) is 6.16. The summed E-state index contributed by atoms with van der Waals surface area (Å²) in [5.41, 5.74) is 7.06. The lowest BCUT2D eigenvalue weighted by molar-refractivity contribution is -0.137. The fraction of sp³-hybridized carbons (Fsp3) is 0.333. The number of hydrogen-bond acceptors (Lipinski definition) is 4. The number of aliphatic carboxylic acids is 1. The first-order valence-corrected chi connectivity index (χ1v) is 12.8. The van der Waals surface area contributed by atoms with Crippen LogP contribution < -0.4 is 4.74 Å². The monoisotopic (exact) mass is 500 g/mol. The van der Waals surface area contributed by atoms with Gasteiger partial charge in [-0.2, -0.15) is 0 Å². The molecule has 4 aromatic rings. The van der Waals surface area contributed by atoms with Crippen molar-refractivity contribution in [3.63, 3.8) is 0 Å². The van der Waals surface area contributed by atoms with E-state index in [2.05, 4.69) is 35.8 Å². The Bertz CT molecular complexity index is 1490. The Labute approximate surface area is 214 Å². The fourth-order valence-electron chi connectivity index (χ4n) is 5.64. The van der Waals surface area contributed by atoms with Crippen LogP contribution in [0.15, 0.2) is 54.6 Å². The zero-order valence-corrected chi connectivity index (χ0v) is 20.7. The predicted octanol–water partition coefficient (Wildman–Crippen LogP) is 6.06. The molecule has 2 aliphatic heterocycles. The molecule has 0 amide bonds. The summed E-state index contributed by atoms with van der Waals surface area (Å²) >= 11 is 0. The normalized spacial score (nSPS) is 18.8. The smallest absolute Gasteiger partial charge is 0.304 e. The van der Waals surface area contributed by atoms with Crippen LogP contribution in [-0.4, -0.2) is 33.8 Å². The first-order valence-electron chi connectivity index (χ1n) is 12.8. The Morgan fingerprint density at radius 1 is 1.16 bits per heavy atom. The number of carbonyl (C=O) groups is 1. The number of hydrogen-bond donors (Lipinski definition) is 1. The molecule has 37 heavy (non-hydrogen) atoms. The maximum atomic E-state index is 14.0. The van der Waals surface area contributed by atoms with E-state index in [-0.39, 0.29) is 24.3 Å². The molecule has 6 nitrogen and oxygen atoms in total. The molecule has 2 aliphatic rings. The van der Waals surface area contributed by atoms with Gasteiger partial charge in [0.25, 0.3) is 0 Å². The van der Waals surface area contributed by atoms with Gasteiger partial charge in [-0.25, -0.2) is 9.37 Å². The third kappa shape index (κ3) is 4.48. The summed E-state index contributed by atoms with van der Waals surface area (Å²) in [6, 6.07) is 17.2. The van der Waals surface area contributed by atoms with Crippen molar-refractivity contribution in [1.29, 1.82) is 0 Å². The molecule has 190 valence electrons. The Hall–Kier alpha value is -3.71. The number of imidazole rings is 1. The van der Waals surface area contributed by atoms with Crippen molar-refractivity contribution in [1.82, 2.24) is 9.55 Å². The standard InChI is InChI=1S/C30H29FN2O4/c1-18-20(9-7-19-8-11-23-21(15-29(34)35)17-37-28(23)14-19)4-2-5-25(18)33-26-12-10-22(31)16-24(26)32-30(33)27-6-3-13-36-27/h2,4-5,8,10-12,14,16,21,27H,3,6-7,9,13,15,17H2,1H3,(H,34,35)/t21-,27-/m1/s1. The highest BCUT2D eigenvalue weighted by molar-refractivity contribution is 5.79. The molecule has 0 spiro atoms. The second-order valence-electron chi connectivity index (χ2n) is 9.98. The number of ether oxygens (including phenoxy) is 2. The molecular formula is C30H29FN2O4. The topological polar surface area (TPSA) is 73.6 Å². The molecule has 6 rings (SSSR count). The number of carboxylic acid groups (broad SMARTS) is 1. The quantitative estimate of drug-likeness (QED) is 0.334. The number of aromatic nitrogens is 2. The van der Waals surface area contributed by atoms with Crippen molar-refractivity contribution in [3.8, 4) is 11.4 Å². The van der Waals surface area contributed by atoms with Crippen molar-refractivity contribution in [2.75, 3.05) is 13.2 Å². The lowest BCUT2D eigenvalue weighted by atomic mass is 9.94. The van der Waals surface area contributed by atoms with E-state index in [1.54, 1.807) is 6.07 Å². The first-order chi connectivity index (χ1) is 18.0. The molecule has 3 heterocycles. The third-order valence-electron chi connectivity index (χ3n) is 7.58. The lowest BCUT2D eigenvalue weighted by Gasteiger charge is -2.18. The third-order valence-corrected chi connectivity index (χ3v) is 7.58. The van der Waals surface area contributed by atoms with Gasteiger partial charge in [-0.05, 0) is 73.6 Å². The molecule has 1 aromatic heterocycles. The van der Waals surface area contributed by atoms with E-state index in [1.165, 1.54) is 17.7 Å². The molecule has 3 aromatic carbocycles. The van der Waals surface area contributed by atoms with Crippen LogP contribution >= 0.6 is 0 Å². The number of halogens is 1. The minimum Gasteiger partial charge on any atom is -0.493 e. The summed E-state index contributed by atoms with van der Waals surface area (Å²) in [6.45, 7) is 3.26. The largest absolute Gasteiger partial charge is 0.493 e. The number of rotatable bonds is 7. The molecule has 2 atom stereocenters. The van der Waals surface area contributed by atoms with Gasteiger partial charge < -0.3 is 14.6 Å². The summed E-state index contributed by atoms with van der Waals surface area (Å²) in [6.07, 6.45) is 3.55. The van der Waals surface area contributed by atoms with Gasteiger partial charge in [0.05, 0.1) is 29.7 Å². The number of aryl methyl sites for hydroxylation is 2. The van der Waals surface area contributed by atoms with E-state index in [0.717, 1.165) is 65.2 Å².